The van der Waals surface area contributed by atoms with Crippen molar-refractivity contribution in [3.8, 4) is 11.3 Å². The van der Waals surface area contributed by atoms with Gasteiger partial charge in [0, 0.05) is 30.7 Å². The third-order valence-corrected chi connectivity index (χ3v) is 1.73. The van der Waals surface area contributed by atoms with Crippen LogP contribution in [0.5, 0.6) is 0 Å². The number of nitrogens with two attached hydrogens (primary N) is 1. The average Bonchev–Trinajstić information content (AvgIpc) is 2.53. The van der Waals surface area contributed by atoms with Gasteiger partial charge in [0.1, 0.15) is 5.69 Å². The summed E-state index contributed by atoms with van der Waals surface area (Å²) in [5.41, 5.74) is 7.97. The maximum absolute atomic E-state index is 5.74. The van der Waals surface area contributed by atoms with Crippen molar-refractivity contribution in [1.82, 2.24) is 20.0 Å². The van der Waals surface area contributed by atoms with Crippen molar-refractivity contribution in [3.63, 3.8) is 0 Å². The standard InChI is InChI=1S/C8H9N5/c1-13-11-5-8(12-13)6-4-10-3-2-7(6)9/h2-5H,1H3,(H2,9,10). The van der Waals surface area contributed by atoms with Gasteiger partial charge in [-0.05, 0) is 6.07 Å². The predicted molar refractivity (Wildman–Crippen MR) is 48.6 cm³/mol. The number of aryl methyl sites for hydroxylation is 1. The topological polar surface area (TPSA) is 69.6 Å². The first-order valence-corrected chi connectivity index (χ1v) is 3.83. The lowest BCUT2D eigenvalue weighted by atomic mass is 10.2. The zero-order chi connectivity index (χ0) is 9.26. The highest BCUT2D eigenvalue weighted by atomic mass is 15.4. The summed E-state index contributed by atoms with van der Waals surface area (Å²) in [6.07, 6.45) is 4.99. The van der Waals surface area contributed by atoms with E-state index in [9.17, 15) is 0 Å². The van der Waals surface area contributed by atoms with Gasteiger partial charge >= 0.3 is 0 Å². The number of hydrogen-bond acceptors (Lipinski definition) is 4. The summed E-state index contributed by atoms with van der Waals surface area (Å²) in [7, 11) is 1.76. The Morgan fingerprint density at radius 1 is 1.38 bits per heavy atom. The van der Waals surface area contributed by atoms with Crippen molar-refractivity contribution in [1.29, 1.82) is 0 Å². The van der Waals surface area contributed by atoms with Crippen molar-refractivity contribution in [2.45, 2.75) is 0 Å². The molecule has 0 amide bonds. The van der Waals surface area contributed by atoms with Crippen molar-refractivity contribution in [2.24, 2.45) is 7.05 Å². The van der Waals surface area contributed by atoms with Gasteiger partial charge in [-0.15, -0.1) is 0 Å². The molecule has 0 aliphatic heterocycles. The van der Waals surface area contributed by atoms with Crippen LogP contribution >= 0.6 is 0 Å². The Kier molecular flexibility index (Phi) is 1.70. The van der Waals surface area contributed by atoms with Crippen LogP contribution in [-0.2, 0) is 7.05 Å². The molecule has 2 aromatic rings. The lowest BCUT2D eigenvalue weighted by molar-refractivity contribution is 0.655. The fraction of sp³-hybridized carbons (Fsp3) is 0.125. The largest absolute Gasteiger partial charge is 0.398 e. The summed E-state index contributed by atoms with van der Waals surface area (Å²) >= 11 is 0. The summed E-state index contributed by atoms with van der Waals surface area (Å²) in [5.74, 6) is 0. The van der Waals surface area contributed by atoms with Crippen LogP contribution in [0.25, 0.3) is 11.3 Å². The van der Waals surface area contributed by atoms with Gasteiger partial charge in [0.25, 0.3) is 0 Å². The molecule has 0 bridgehead atoms. The van der Waals surface area contributed by atoms with Crippen LogP contribution in [0, 0.1) is 0 Å². The van der Waals surface area contributed by atoms with Crippen molar-refractivity contribution in [2.75, 3.05) is 5.73 Å². The Morgan fingerprint density at radius 2 is 2.23 bits per heavy atom. The summed E-state index contributed by atoms with van der Waals surface area (Å²) in [6.45, 7) is 0. The molecular formula is C8H9N5. The van der Waals surface area contributed by atoms with E-state index in [0.717, 1.165) is 11.3 Å². The van der Waals surface area contributed by atoms with Gasteiger partial charge in [0.05, 0.1) is 6.20 Å². The van der Waals surface area contributed by atoms with E-state index in [4.69, 9.17) is 5.73 Å². The monoisotopic (exact) mass is 175 g/mol. The summed E-state index contributed by atoms with van der Waals surface area (Å²) in [5, 5.41) is 8.08. The van der Waals surface area contributed by atoms with Gasteiger partial charge < -0.3 is 5.73 Å². The van der Waals surface area contributed by atoms with Crippen LogP contribution in [0.15, 0.2) is 24.7 Å². The number of nitrogens with zero attached hydrogens (tertiary/aromatic N) is 4. The minimum Gasteiger partial charge on any atom is -0.398 e. The highest BCUT2D eigenvalue weighted by molar-refractivity contribution is 5.71. The lowest BCUT2D eigenvalue weighted by Gasteiger charge is -1.98. The Morgan fingerprint density at radius 3 is 2.85 bits per heavy atom. The molecule has 0 atom stereocenters. The minimum absolute atomic E-state index is 0.663. The average molecular weight is 175 g/mol. The predicted octanol–water partition coefficient (Wildman–Crippen LogP) is 0.459. The third-order valence-electron chi connectivity index (χ3n) is 1.73. The molecule has 0 saturated heterocycles. The molecule has 5 nitrogen and oxygen atoms in total. The van der Waals surface area contributed by atoms with Crippen LogP contribution in [0.3, 0.4) is 0 Å². The van der Waals surface area contributed by atoms with Gasteiger partial charge in [-0.1, -0.05) is 0 Å². The maximum Gasteiger partial charge on any atom is 0.116 e. The van der Waals surface area contributed by atoms with Crippen LogP contribution in [0.4, 0.5) is 5.69 Å². The first-order chi connectivity index (χ1) is 6.27. The molecule has 0 radical (unpaired) electrons. The second kappa shape index (κ2) is 2.85. The van der Waals surface area contributed by atoms with E-state index in [2.05, 4.69) is 15.2 Å². The zero-order valence-electron chi connectivity index (χ0n) is 7.18. The van der Waals surface area contributed by atoms with Crippen LogP contribution < -0.4 is 5.73 Å². The molecule has 0 spiro atoms. The Labute approximate surface area is 75.2 Å². The molecule has 2 N–H and O–H groups in total. The lowest BCUT2D eigenvalue weighted by Crippen LogP contribution is -1.94. The van der Waals surface area contributed by atoms with Crippen molar-refractivity contribution >= 4 is 5.69 Å². The van der Waals surface area contributed by atoms with Gasteiger partial charge in [-0.3, -0.25) is 4.98 Å². The van der Waals surface area contributed by atoms with Gasteiger partial charge in [0.15, 0.2) is 0 Å². The van der Waals surface area contributed by atoms with E-state index in [1.54, 1.807) is 31.7 Å². The fourth-order valence-corrected chi connectivity index (χ4v) is 1.09. The van der Waals surface area contributed by atoms with Gasteiger partial charge in [0.2, 0.25) is 0 Å². The molecule has 0 saturated carbocycles. The van der Waals surface area contributed by atoms with E-state index in [-0.39, 0.29) is 0 Å². The smallest absolute Gasteiger partial charge is 0.116 e. The van der Waals surface area contributed by atoms with E-state index < -0.39 is 0 Å². The Hall–Kier alpha value is -1.91. The first kappa shape index (κ1) is 7.72. The van der Waals surface area contributed by atoms with Gasteiger partial charge in [-0.25, -0.2) is 0 Å². The number of nitrogen functional groups attached to an aromatic ring is 1. The summed E-state index contributed by atoms with van der Waals surface area (Å²) in [4.78, 5) is 5.46. The number of pyridine rings is 1. The minimum atomic E-state index is 0.663. The second-order valence-corrected chi connectivity index (χ2v) is 2.68. The second-order valence-electron chi connectivity index (χ2n) is 2.68. The van der Waals surface area contributed by atoms with E-state index in [1.165, 1.54) is 4.80 Å². The van der Waals surface area contributed by atoms with Crippen LogP contribution in [0.1, 0.15) is 0 Å². The first-order valence-electron chi connectivity index (χ1n) is 3.83. The van der Waals surface area contributed by atoms with E-state index in [0.29, 0.717) is 5.69 Å². The quantitative estimate of drug-likeness (QED) is 0.683. The molecule has 5 heteroatoms. The molecular weight excluding hydrogens is 166 g/mol. The fourth-order valence-electron chi connectivity index (χ4n) is 1.09. The van der Waals surface area contributed by atoms with Crippen LogP contribution in [-0.4, -0.2) is 20.0 Å². The van der Waals surface area contributed by atoms with Crippen molar-refractivity contribution in [3.05, 3.63) is 24.7 Å². The van der Waals surface area contributed by atoms with Crippen LogP contribution in [0.2, 0.25) is 0 Å². The molecule has 0 aliphatic rings. The molecule has 2 rings (SSSR count). The number of anilines is 1. The number of hydrogen-bond donors (Lipinski definition) is 1. The maximum atomic E-state index is 5.74. The van der Waals surface area contributed by atoms with Gasteiger partial charge in [-0.2, -0.15) is 15.0 Å². The molecule has 0 aromatic carbocycles. The molecule has 0 aliphatic carbocycles. The zero-order valence-corrected chi connectivity index (χ0v) is 7.18. The molecule has 2 aromatic heterocycles. The molecule has 0 unspecified atom stereocenters. The Balaban J connectivity index is 2.52. The SMILES string of the molecule is Cn1ncc(-c2cnccc2N)n1. The van der Waals surface area contributed by atoms with Crippen molar-refractivity contribution < 1.29 is 0 Å². The molecule has 13 heavy (non-hydrogen) atoms. The molecule has 0 fully saturated rings. The summed E-state index contributed by atoms with van der Waals surface area (Å²) < 4.78 is 0. The number of aromatic nitrogens is 4. The normalized spacial score (nSPS) is 10.2. The molecule has 2 heterocycles. The van der Waals surface area contributed by atoms with E-state index >= 15 is 0 Å². The Bertz CT molecular complexity index is 420. The molecule has 66 valence electrons. The third kappa shape index (κ3) is 1.35. The highest BCUT2D eigenvalue weighted by Gasteiger charge is 2.05. The summed E-state index contributed by atoms with van der Waals surface area (Å²) in [6, 6.07) is 1.74. The van der Waals surface area contributed by atoms with E-state index in [1.807, 2.05) is 0 Å². The number of rotatable bonds is 1. The highest BCUT2D eigenvalue weighted by Crippen LogP contribution is 2.20.